The van der Waals surface area contributed by atoms with Gasteiger partial charge >= 0.3 is 5.97 Å². The average molecular weight is 146 g/mol. The third-order valence-electron chi connectivity index (χ3n) is 0.927. The topological polar surface area (TPSA) is 50.2 Å². The van der Waals surface area contributed by atoms with Crippen molar-refractivity contribution < 1.29 is 9.90 Å². The fraction of sp³-hybridized carbons (Fsp3) is 0. The van der Waals surface area contributed by atoms with Crippen LogP contribution in [0.4, 0.5) is 0 Å². The van der Waals surface area contributed by atoms with E-state index >= 15 is 0 Å². The summed E-state index contributed by atoms with van der Waals surface area (Å²) in [4.78, 5) is 13.8. The van der Waals surface area contributed by atoms with Gasteiger partial charge in [-0.25, -0.2) is 4.79 Å². The van der Waals surface area contributed by atoms with Crippen LogP contribution in [0.5, 0.6) is 0 Å². The van der Waals surface area contributed by atoms with Gasteiger partial charge in [0.25, 0.3) is 0 Å². The van der Waals surface area contributed by atoms with E-state index in [-0.39, 0.29) is 35.1 Å². The van der Waals surface area contributed by atoms with Crippen molar-refractivity contribution in [2.24, 2.45) is 0 Å². The molecule has 1 rings (SSSR count). The SMILES string of the molecule is O=C(O)c1ccncc1.[Na]. The number of aromatic nitrogens is 1. The third kappa shape index (κ3) is 2.47. The Labute approximate surface area is 80.4 Å². The van der Waals surface area contributed by atoms with Gasteiger partial charge in [-0.3, -0.25) is 4.98 Å². The molecular formula is C6H5NNaO2. The summed E-state index contributed by atoms with van der Waals surface area (Å²) >= 11 is 0. The molecule has 0 aliphatic rings. The largest absolute Gasteiger partial charge is 0.478 e. The molecule has 0 aromatic carbocycles. The molecule has 0 bridgehead atoms. The molecule has 0 aliphatic heterocycles. The van der Waals surface area contributed by atoms with Gasteiger partial charge in [-0.1, -0.05) is 0 Å². The molecule has 0 atom stereocenters. The zero-order chi connectivity index (χ0) is 6.69. The van der Waals surface area contributed by atoms with Gasteiger partial charge in [0.05, 0.1) is 5.56 Å². The number of pyridine rings is 1. The van der Waals surface area contributed by atoms with E-state index in [1.54, 1.807) is 0 Å². The van der Waals surface area contributed by atoms with Crippen molar-refractivity contribution in [2.75, 3.05) is 0 Å². The van der Waals surface area contributed by atoms with Gasteiger partial charge in [-0.15, -0.1) is 0 Å². The van der Waals surface area contributed by atoms with E-state index in [0.717, 1.165) is 0 Å². The Balaban J connectivity index is 0.000000810. The van der Waals surface area contributed by atoms with Gasteiger partial charge in [0.15, 0.2) is 0 Å². The maximum absolute atomic E-state index is 10.2. The first kappa shape index (κ1) is 9.62. The van der Waals surface area contributed by atoms with E-state index in [9.17, 15) is 4.79 Å². The van der Waals surface area contributed by atoms with Crippen LogP contribution in [0, 0.1) is 0 Å². The minimum Gasteiger partial charge on any atom is -0.478 e. The predicted octanol–water partition coefficient (Wildman–Crippen LogP) is 0.399. The number of hydrogen-bond donors (Lipinski definition) is 1. The summed E-state index contributed by atoms with van der Waals surface area (Å²) in [5, 5.41) is 8.36. The quantitative estimate of drug-likeness (QED) is 0.583. The molecule has 47 valence electrons. The summed E-state index contributed by atoms with van der Waals surface area (Å²) in [5.74, 6) is -0.919. The summed E-state index contributed by atoms with van der Waals surface area (Å²) in [5.41, 5.74) is 0.269. The zero-order valence-corrected chi connectivity index (χ0v) is 7.61. The van der Waals surface area contributed by atoms with Crippen LogP contribution in [0.2, 0.25) is 0 Å². The smallest absolute Gasteiger partial charge is 0.335 e. The Kier molecular flexibility index (Phi) is 4.27. The Morgan fingerprint density at radius 2 is 1.90 bits per heavy atom. The molecule has 1 N–H and O–H groups in total. The number of nitrogens with zero attached hydrogens (tertiary/aromatic N) is 1. The Hall–Kier alpha value is -0.380. The average Bonchev–Trinajstić information content (AvgIpc) is 1.90. The van der Waals surface area contributed by atoms with E-state index in [2.05, 4.69) is 4.98 Å². The van der Waals surface area contributed by atoms with Crippen LogP contribution < -0.4 is 0 Å². The third-order valence-corrected chi connectivity index (χ3v) is 0.927. The van der Waals surface area contributed by atoms with E-state index in [4.69, 9.17) is 5.11 Å². The van der Waals surface area contributed by atoms with Crippen LogP contribution in [-0.2, 0) is 0 Å². The minimum atomic E-state index is -0.919. The maximum atomic E-state index is 10.2. The van der Waals surface area contributed by atoms with E-state index in [1.807, 2.05) is 0 Å². The number of aromatic carboxylic acids is 1. The summed E-state index contributed by atoms with van der Waals surface area (Å²) < 4.78 is 0. The van der Waals surface area contributed by atoms with E-state index in [1.165, 1.54) is 24.5 Å². The fourth-order valence-corrected chi connectivity index (χ4v) is 0.494. The summed E-state index contributed by atoms with van der Waals surface area (Å²) in [6.07, 6.45) is 2.90. The fourth-order valence-electron chi connectivity index (χ4n) is 0.494. The van der Waals surface area contributed by atoms with Gasteiger partial charge in [-0.2, -0.15) is 0 Å². The van der Waals surface area contributed by atoms with Crippen LogP contribution in [0.1, 0.15) is 10.4 Å². The first-order valence-corrected chi connectivity index (χ1v) is 2.44. The van der Waals surface area contributed by atoms with Gasteiger partial charge in [0, 0.05) is 42.0 Å². The summed E-state index contributed by atoms with van der Waals surface area (Å²) in [7, 11) is 0. The second kappa shape index (κ2) is 4.44. The number of carboxylic acid groups (broad SMARTS) is 1. The molecular weight excluding hydrogens is 141 g/mol. The zero-order valence-electron chi connectivity index (χ0n) is 5.61. The molecule has 10 heavy (non-hydrogen) atoms. The first-order valence-electron chi connectivity index (χ1n) is 2.44. The van der Waals surface area contributed by atoms with E-state index < -0.39 is 5.97 Å². The van der Waals surface area contributed by atoms with E-state index in [0.29, 0.717) is 0 Å². The molecule has 3 nitrogen and oxygen atoms in total. The molecule has 0 amide bonds. The second-order valence-corrected chi connectivity index (χ2v) is 1.54. The molecule has 1 radical (unpaired) electrons. The van der Waals surface area contributed by atoms with Gasteiger partial charge in [-0.05, 0) is 12.1 Å². The van der Waals surface area contributed by atoms with Crippen molar-refractivity contribution in [2.45, 2.75) is 0 Å². The number of carbonyl (C=O) groups is 1. The Morgan fingerprint density at radius 3 is 2.20 bits per heavy atom. The molecule has 4 heteroatoms. The van der Waals surface area contributed by atoms with Gasteiger partial charge < -0.3 is 5.11 Å². The number of carboxylic acids is 1. The molecule has 0 saturated carbocycles. The molecule has 0 spiro atoms. The summed E-state index contributed by atoms with van der Waals surface area (Å²) in [6.45, 7) is 0. The van der Waals surface area contributed by atoms with Crippen LogP contribution in [0.3, 0.4) is 0 Å². The van der Waals surface area contributed by atoms with Crippen molar-refractivity contribution >= 4 is 35.5 Å². The molecule has 0 unspecified atom stereocenters. The molecule has 0 aliphatic carbocycles. The molecule has 1 aromatic rings. The van der Waals surface area contributed by atoms with Crippen LogP contribution in [0.25, 0.3) is 0 Å². The minimum absolute atomic E-state index is 0. The Bertz CT molecular complexity index is 212. The predicted molar refractivity (Wildman–Crippen MR) is 37.0 cm³/mol. The van der Waals surface area contributed by atoms with Gasteiger partial charge in [0.1, 0.15) is 0 Å². The molecule has 1 aromatic heterocycles. The van der Waals surface area contributed by atoms with Crippen molar-refractivity contribution in [1.29, 1.82) is 0 Å². The number of rotatable bonds is 1. The first-order chi connectivity index (χ1) is 4.30. The van der Waals surface area contributed by atoms with Crippen molar-refractivity contribution in [3.05, 3.63) is 30.1 Å². The van der Waals surface area contributed by atoms with Crippen LogP contribution in [0.15, 0.2) is 24.5 Å². The van der Waals surface area contributed by atoms with Crippen molar-refractivity contribution in [1.82, 2.24) is 4.98 Å². The standard InChI is InChI=1S/C6H5NO2.Na/c8-6(9)5-1-3-7-4-2-5;/h1-4H,(H,8,9);. The second-order valence-electron chi connectivity index (χ2n) is 1.54. The molecule has 0 fully saturated rings. The normalized spacial score (nSPS) is 8.00. The molecule has 1 heterocycles. The van der Waals surface area contributed by atoms with Gasteiger partial charge in [0.2, 0.25) is 0 Å². The van der Waals surface area contributed by atoms with Crippen LogP contribution in [-0.4, -0.2) is 45.6 Å². The maximum Gasteiger partial charge on any atom is 0.335 e. The monoisotopic (exact) mass is 146 g/mol. The van der Waals surface area contributed by atoms with Crippen molar-refractivity contribution in [3.63, 3.8) is 0 Å². The van der Waals surface area contributed by atoms with Crippen molar-refractivity contribution in [3.8, 4) is 0 Å². The van der Waals surface area contributed by atoms with Crippen LogP contribution >= 0.6 is 0 Å². The number of hydrogen-bond acceptors (Lipinski definition) is 2. The molecule has 0 saturated heterocycles. The summed E-state index contributed by atoms with van der Waals surface area (Å²) in [6, 6.07) is 2.89. The Morgan fingerprint density at radius 1 is 1.40 bits per heavy atom.